The smallest absolute Gasteiger partial charge is 0.268 e. The Morgan fingerprint density at radius 3 is 2.72 bits per heavy atom. The molecule has 3 rings (SSSR count). The fourth-order valence-corrected chi connectivity index (χ4v) is 2.88. The molecule has 2 heterocycles. The van der Waals surface area contributed by atoms with Gasteiger partial charge in [0.05, 0.1) is 24.4 Å². The van der Waals surface area contributed by atoms with Crippen molar-refractivity contribution in [2.45, 2.75) is 26.0 Å². The Morgan fingerprint density at radius 1 is 1.28 bits per heavy atom. The van der Waals surface area contributed by atoms with Gasteiger partial charge in [0.15, 0.2) is 0 Å². The number of hydrogen-bond donors (Lipinski definition) is 5. The molecule has 5 N–H and O–H groups in total. The van der Waals surface area contributed by atoms with E-state index < -0.39 is 12.1 Å². The predicted octanol–water partition coefficient (Wildman–Crippen LogP) is 2.04. The Bertz CT molecular complexity index is 956. The molecule has 8 heteroatoms. The Balaban J connectivity index is 1.76. The van der Waals surface area contributed by atoms with Gasteiger partial charge >= 0.3 is 0 Å². The highest BCUT2D eigenvalue weighted by atomic mass is 16.3. The molecule has 1 amide bonds. The van der Waals surface area contributed by atoms with Gasteiger partial charge < -0.3 is 25.8 Å². The lowest BCUT2D eigenvalue weighted by Crippen LogP contribution is -2.30. The minimum atomic E-state index is -0.519. The number of aromatic amines is 1. The fraction of sp³-hybridized carbons (Fsp3) is 0.286. The molecule has 0 aliphatic heterocycles. The second-order valence-electron chi connectivity index (χ2n) is 6.88. The number of aliphatic hydroxyl groups is 2. The molecule has 0 unspecified atom stereocenters. The van der Waals surface area contributed by atoms with Gasteiger partial charge in [0.25, 0.3) is 5.91 Å². The lowest BCUT2D eigenvalue weighted by Gasteiger charge is -2.16. The van der Waals surface area contributed by atoms with Crippen molar-refractivity contribution in [2.24, 2.45) is 0 Å². The van der Waals surface area contributed by atoms with E-state index >= 15 is 0 Å². The van der Waals surface area contributed by atoms with E-state index in [2.05, 4.69) is 25.6 Å². The number of H-pyrrole nitrogens is 1. The summed E-state index contributed by atoms with van der Waals surface area (Å²) < 4.78 is 0. The molecular formula is C21H25N5O3. The zero-order valence-corrected chi connectivity index (χ0v) is 16.4. The highest BCUT2D eigenvalue weighted by Gasteiger charge is 2.17. The van der Waals surface area contributed by atoms with Crippen LogP contribution in [0.25, 0.3) is 11.3 Å². The Hall–Kier alpha value is -3.23. The number of carbonyl (C=O) groups is 1. The van der Waals surface area contributed by atoms with Gasteiger partial charge in [-0.25, -0.2) is 9.97 Å². The third-order valence-electron chi connectivity index (χ3n) is 4.42. The minimum Gasteiger partial charge on any atom is -0.394 e. The van der Waals surface area contributed by atoms with Gasteiger partial charge in [-0.15, -0.1) is 0 Å². The summed E-state index contributed by atoms with van der Waals surface area (Å²) in [5.41, 5.74) is 3.48. The first-order valence-electron chi connectivity index (χ1n) is 9.39. The number of benzene rings is 1. The van der Waals surface area contributed by atoms with Crippen LogP contribution >= 0.6 is 0 Å². The minimum absolute atomic E-state index is 0.202. The molecule has 29 heavy (non-hydrogen) atoms. The highest BCUT2D eigenvalue weighted by molar-refractivity contribution is 5.94. The quantitative estimate of drug-likeness (QED) is 0.398. The van der Waals surface area contributed by atoms with Crippen LogP contribution < -0.4 is 10.6 Å². The van der Waals surface area contributed by atoms with Crippen molar-refractivity contribution in [3.63, 3.8) is 0 Å². The van der Waals surface area contributed by atoms with Crippen LogP contribution in [-0.4, -0.2) is 50.3 Å². The summed E-state index contributed by atoms with van der Waals surface area (Å²) in [5.74, 6) is 0.0847. The number of amides is 1. The van der Waals surface area contributed by atoms with Crippen LogP contribution in [0.3, 0.4) is 0 Å². The van der Waals surface area contributed by atoms with Crippen LogP contribution in [0.2, 0.25) is 0 Å². The second-order valence-corrected chi connectivity index (χ2v) is 6.88. The number of carbonyl (C=O) groups excluding carboxylic acids is 1. The van der Waals surface area contributed by atoms with Crippen LogP contribution in [-0.2, 0) is 0 Å². The summed E-state index contributed by atoms with van der Waals surface area (Å²) >= 11 is 0. The van der Waals surface area contributed by atoms with E-state index in [1.165, 1.54) is 0 Å². The third-order valence-corrected chi connectivity index (χ3v) is 4.42. The SMILES string of the molecule is Cc1cnc(NC[C@H](C)O)nc1-c1c[nH]c(C(=O)N[C@H](CO)c2ccccc2)c1. The average Bonchev–Trinajstić information content (AvgIpc) is 3.22. The Kier molecular flexibility index (Phi) is 6.58. The number of rotatable bonds is 8. The molecule has 0 radical (unpaired) electrons. The number of aryl methyl sites for hydroxylation is 1. The molecule has 1 aromatic carbocycles. The van der Waals surface area contributed by atoms with E-state index in [-0.39, 0.29) is 12.5 Å². The van der Waals surface area contributed by atoms with E-state index in [1.807, 2.05) is 37.3 Å². The molecule has 8 nitrogen and oxygen atoms in total. The van der Waals surface area contributed by atoms with Gasteiger partial charge in [-0.1, -0.05) is 30.3 Å². The maximum Gasteiger partial charge on any atom is 0.268 e. The van der Waals surface area contributed by atoms with Crippen molar-refractivity contribution in [1.29, 1.82) is 0 Å². The topological polar surface area (TPSA) is 123 Å². The van der Waals surface area contributed by atoms with Crippen LogP contribution in [0.5, 0.6) is 0 Å². The van der Waals surface area contributed by atoms with E-state index in [0.717, 1.165) is 16.7 Å². The fourth-order valence-electron chi connectivity index (χ4n) is 2.88. The van der Waals surface area contributed by atoms with Crippen LogP contribution in [0.1, 0.15) is 34.6 Å². The molecule has 2 atom stereocenters. The zero-order chi connectivity index (χ0) is 20.8. The maximum atomic E-state index is 12.6. The lowest BCUT2D eigenvalue weighted by molar-refractivity contribution is 0.0911. The first-order chi connectivity index (χ1) is 14.0. The van der Waals surface area contributed by atoms with Gasteiger partial charge in [0.2, 0.25) is 5.95 Å². The van der Waals surface area contributed by atoms with Gasteiger partial charge in [-0.05, 0) is 31.0 Å². The molecule has 0 saturated heterocycles. The van der Waals surface area contributed by atoms with E-state index in [4.69, 9.17) is 0 Å². The average molecular weight is 395 g/mol. The van der Waals surface area contributed by atoms with Gasteiger partial charge in [-0.3, -0.25) is 4.79 Å². The monoisotopic (exact) mass is 395 g/mol. The molecule has 0 saturated carbocycles. The zero-order valence-electron chi connectivity index (χ0n) is 16.4. The summed E-state index contributed by atoms with van der Waals surface area (Å²) in [6.07, 6.45) is 2.88. The number of nitrogens with zero attached hydrogens (tertiary/aromatic N) is 2. The van der Waals surface area contributed by atoms with Crippen LogP contribution in [0.15, 0.2) is 48.8 Å². The molecule has 0 aliphatic rings. The number of nitrogens with one attached hydrogen (secondary N) is 3. The number of anilines is 1. The summed E-state index contributed by atoms with van der Waals surface area (Å²) in [4.78, 5) is 24.3. The van der Waals surface area contributed by atoms with Gasteiger partial charge in [0, 0.05) is 24.5 Å². The van der Waals surface area contributed by atoms with Crippen molar-refractivity contribution >= 4 is 11.9 Å². The maximum absolute atomic E-state index is 12.6. The van der Waals surface area contributed by atoms with E-state index in [1.54, 1.807) is 25.4 Å². The van der Waals surface area contributed by atoms with Crippen LogP contribution in [0, 0.1) is 6.92 Å². The molecule has 0 bridgehead atoms. The largest absolute Gasteiger partial charge is 0.394 e. The third kappa shape index (κ3) is 5.18. The van der Waals surface area contributed by atoms with E-state index in [0.29, 0.717) is 23.9 Å². The lowest BCUT2D eigenvalue weighted by atomic mass is 10.1. The molecule has 152 valence electrons. The first-order valence-corrected chi connectivity index (χ1v) is 9.39. The second kappa shape index (κ2) is 9.31. The summed E-state index contributed by atoms with van der Waals surface area (Å²) in [6.45, 7) is 3.70. The molecule has 3 aromatic rings. The molecular weight excluding hydrogens is 370 g/mol. The highest BCUT2D eigenvalue weighted by Crippen LogP contribution is 2.23. The van der Waals surface area contributed by atoms with Crippen LogP contribution in [0.4, 0.5) is 5.95 Å². The Labute approximate surface area is 169 Å². The van der Waals surface area contributed by atoms with Crippen molar-refractivity contribution in [3.05, 3.63) is 65.6 Å². The molecule has 0 aliphatic carbocycles. The standard InChI is InChI=1S/C21H25N5O3/c1-13-9-23-21(24-10-14(2)28)26-19(13)16-8-17(22-11-16)20(29)25-18(12-27)15-6-4-3-5-7-15/h3-9,11,14,18,22,27-28H,10,12H2,1-2H3,(H,25,29)(H,23,24,26)/t14-,18+/m0/s1. The first kappa shape index (κ1) is 20.5. The summed E-state index contributed by atoms with van der Waals surface area (Å²) in [5, 5.41) is 24.9. The molecule has 0 fully saturated rings. The van der Waals surface area contributed by atoms with Gasteiger partial charge in [0.1, 0.15) is 5.69 Å². The van der Waals surface area contributed by atoms with E-state index in [9.17, 15) is 15.0 Å². The molecule has 2 aromatic heterocycles. The number of aliphatic hydroxyl groups excluding tert-OH is 2. The van der Waals surface area contributed by atoms with Crippen molar-refractivity contribution < 1.29 is 15.0 Å². The van der Waals surface area contributed by atoms with Crippen molar-refractivity contribution in [3.8, 4) is 11.3 Å². The predicted molar refractivity (Wildman–Crippen MR) is 110 cm³/mol. The van der Waals surface area contributed by atoms with Crippen molar-refractivity contribution in [2.75, 3.05) is 18.5 Å². The van der Waals surface area contributed by atoms with Gasteiger partial charge in [-0.2, -0.15) is 0 Å². The molecule has 0 spiro atoms. The normalized spacial score (nSPS) is 13.0. The number of hydrogen-bond acceptors (Lipinski definition) is 6. The summed E-state index contributed by atoms with van der Waals surface area (Å²) in [6, 6.07) is 10.5. The van der Waals surface area contributed by atoms with Crippen molar-refractivity contribution in [1.82, 2.24) is 20.3 Å². The summed E-state index contributed by atoms with van der Waals surface area (Å²) in [7, 11) is 0. The number of aromatic nitrogens is 3. The Morgan fingerprint density at radius 2 is 2.03 bits per heavy atom.